The highest BCUT2D eigenvalue weighted by Gasteiger charge is 2.51. The predicted molar refractivity (Wildman–Crippen MR) is 92.8 cm³/mol. The number of hydrogen-bond donors (Lipinski definition) is 2. The summed E-state index contributed by atoms with van der Waals surface area (Å²) in [6.45, 7) is 0.424. The molecule has 2 amide bonds. The second-order valence-corrected chi connectivity index (χ2v) is 7.14. The van der Waals surface area contributed by atoms with Crippen LogP contribution in [-0.4, -0.2) is 61.5 Å². The maximum atomic E-state index is 12.6. The molecule has 2 atom stereocenters. The third-order valence-corrected chi connectivity index (χ3v) is 5.83. The van der Waals surface area contributed by atoms with Crippen LogP contribution in [-0.2, 0) is 14.4 Å². The zero-order chi connectivity index (χ0) is 18.4. The molecule has 1 aromatic rings. The fraction of sp³-hybridized carbons (Fsp3) is 0.312. The van der Waals surface area contributed by atoms with E-state index < -0.39 is 17.9 Å². The van der Waals surface area contributed by atoms with E-state index in [2.05, 4.69) is 9.97 Å². The number of rotatable bonds is 3. The number of nitrogens with zero attached hydrogens (tertiary/aromatic N) is 4. The van der Waals surface area contributed by atoms with Gasteiger partial charge in [0.2, 0.25) is 11.9 Å². The van der Waals surface area contributed by atoms with Crippen LogP contribution in [0.5, 0.6) is 0 Å². The molecule has 4 heterocycles. The standard InChI is InChI=1S/C16H15N5O4S/c17-10-13(23)21-11(15(24)25)9(7-26-14(10)21)6-8-2-5-20(12(8)22)16-18-3-1-4-19-16/h1,3-4,6,10,14H,2,5,7,17H2,(H,24,25)/b8-6+/t10-,14-/m1/s1. The lowest BCUT2D eigenvalue weighted by molar-refractivity contribution is -0.147. The highest BCUT2D eigenvalue weighted by Crippen LogP contribution is 2.40. The minimum atomic E-state index is -1.20. The minimum Gasteiger partial charge on any atom is -0.477 e. The van der Waals surface area contributed by atoms with Crippen LogP contribution in [0, 0.1) is 0 Å². The van der Waals surface area contributed by atoms with Crippen molar-refractivity contribution in [2.45, 2.75) is 17.8 Å². The molecule has 10 heteroatoms. The highest BCUT2D eigenvalue weighted by atomic mass is 32.2. The number of carbonyl (C=O) groups excluding carboxylic acids is 2. The quantitative estimate of drug-likeness (QED) is 0.547. The van der Waals surface area contributed by atoms with E-state index in [0.29, 0.717) is 35.8 Å². The Bertz CT molecular complexity index is 869. The van der Waals surface area contributed by atoms with Crippen LogP contribution in [0.3, 0.4) is 0 Å². The molecule has 0 aromatic carbocycles. The molecule has 0 aliphatic carbocycles. The van der Waals surface area contributed by atoms with Crippen LogP contribution < -0.4 is 10.6 Å². The number of anilines is 1. The first-order valence-electron chi connectivity index (χ1n) is 7.95. The van der Waals surface area contributed by atoms with Gasteiger partial charge in [0, 0.05) is 30.3 Å². The van der Waals surface area contributed by atoms with Crippen molar-refractivity contribution < 1.29 is 19.5 Å². The Morgan fingerprint density at radius 1 is 1.35 bits per heavy atom. The molecule has 2 saturated heterocycles. The summed E-state index contributed by atoms with van der Waals surface area (Å²) in [6, 6.07) is 0.984. The summed E-state index contributed by atoms with van der Waals surface area (Å²) < 4.78 is 0. The molecule has 0 radical (unpaired) electrons. The number of amides is 2. The summed E-state index contributed by atoms with van der Waals surface area (Å²) in [5.74, 6) is -1.17. The molecule has 0 bridgehead atoms. The van der Waals surface area contributed by atoms with E-state index in [4.69, 9.17) is 5.73 Å². The normalized spacial score (nSPS) is 27.0. The number of carboxylic acid groups (broad SMARTS) is 1. The average molecular weight is 373 g/mol. The van der Waals surface area contributed by atoms with Crippen LogP contribution in [0.4, 0.5) is 5.95 Å². The van der Waals surface area contributed by atoms with Gasteiger partial charge in [-0.1, -0.05) is 0 Å². The Morgan fingerprint density at radius 2 is 2.08 bits per heavy atom. The molecule has 0 saturated carbocycles. The highest BCUT2D eigenvalue weighted by molar-refractivity contribution is 8.00. The van der Waals surface area contributed by atoms with Crippen molar-refractivity contribution in [1.82, 2.24) is 14.9 Å². The molecule has 2 fully saturated rings. The predicted octanol–water partition coefficient (Wildman–Crippen LogP) is -0.279. The topological polar surface area (TPSA) is 130 Å². The number of thioether (sulfide) groups is 1. The second-order valence-electron chi connectivity index (χ2n) is 6.04. The summed E-state index contributed by atoms with van der Waals surface area (Å²) in [4.78, 5) is 47.1. The molecule has 134 valence electrons. The van der Waals surface area contributed by atoms with Gasteiger partial charge in [0.25, 0.3) is 5.91 Å². The first kappa shape index (κ1) is 16.7. The SMILES string of the molecule is N[C@@H]1C(=O)N2C(C(=O)O)=C(/C=C3\CCN(c4ncccn4)C3=O)CS[C@H]12. The zero-order valence-corrected chi connectivity index (χ0v) is 14.3. The zero-order valence-electron chi connectivity index (χ0n) is 13.5. The molecule has 3 N–H and O–H groups in total. The number of hydrogen-bond acceptors (Lipinski definition) is 7. The number of allylic oxidation sites excluding steroid dienone is 1. The van der Waals surface area contributed by atoms with Crippen molar-refractivity contribution in [2.24, 2.45) is 5.73 Å². The van der Waals surface area contributed by atoms with E-state index in [-0.39, 0.29) is 17.0 Å². The number of aliphatic carboxylic acids is 1. The lowest BCUT2D eigenvalue weighted by atomic mass is 10.0. The Labute approximate surface area is 152 Å². The first-order valence-corrected chi connectivity index (χ1v) is 9.00. The number of fused-ring (bicyclic) bond motifs is 1. The fourth-order valence-corrected chi connectivity index (χ4v) is 4.48. The van der Waals surface area contributed by atoms with Crippen LogP contribution in [0.1, 0.15) is 6.42 Å². The Hall–Kier alpha value is -2.72. The second kappa shape index (κ2) is 6.22. The molecule has 1 aromatic heterocycles. The van der Waals surface area contributed by atoms with E-state index in [9.17, 15) is 19.5 Å². The summed E-state index contributed by atoms with van der Waals surface area (Å²) in [6.07, 6.45) is 5.14. The van der Waals surface area contributed by atoms with Crippen LogP contribution in [0.15, 0.2) is 41.4 Å². The number of aromatic nitrogens is 2. The third kappa shape index (κ3) is 2.49. The monoisotopic (exact) mass is 373 g/mol. The van der Waals surface area contributed by atoms with E-state index in [1.807, 2.05) is 0 Å². The van der Waals surface area contributed by atoms with E-state index in [1.54, 1.807) is 24.5 Å². The van der Waals surface area contributed by atoms with Gasteiger partial charge in [-0.3, -0.25) is 19.4 Å². The molecule has 0 unspecified atom stereocenters. The van der Waals surface area contributed by atoms with Crippen molar-refractivity contribution in [2.75, 3.05) is 17.2 Å². The molecule has 4 rings (SSSR count). The molecule has 3 aliphatic heterocycles. The number of β-lactam (4-membered cyclic amide) rings is 1. The van der Waals surface area contributed by atoms with Crippen molar-refractivity contribution in [1.29, 1.82) is 0 Å². The Balaban J connectivity index is 1.66. The summed E-state index contributed by atoms with van der Waals surface area (Å²) in [5, 5.41) is 9.20. The van der Waals surface area contributed by atoms with Gasteiger partial charge in [0.1, 0.15) is 17.1 Å². The van der Waals surface area contributed by atoms with Gasteiger partial charge >= 0.3 is 5.97 Å². The summed E-state index contributed by atoms with van der Waals surface area (Å²) in [7, 11) is 0. The number of carboxylic acids is 1. The third-order valence-electron chi connectivity index (χ3n) is 4.51. The lowest BCUT2D eigenvalue weighted by Gasteiger charge is -2.47. The average Bonchev–Trinajstić information content (AvgIpc) is 3.01. The maximum Gasteiger partial charge on any atom is 0.352 e. The molecule has 26 heavy (non-hydrogen) atoms. The van der Waals surface area contributed by atoms with E-state index in [1.165, 1.54) is 21.6 Å². The van der Waals surface area contributed by atoms with Crippen molar-refractivity contribution in [3.05, 3.63) is 41.4 Å². The van der Waals surface area contributed by atoms with Crippen LogP contribution >= 0.6 is 11.8 Å². The molecular weight excluding hydrogens is 358 g/mol. The van der Waals surface area contributed by atoms with Gasteiger partial charge in [0.15, 0.2) is 0 Å². The molecule has 9 nitrogen and oxygen atoms in total. The van der Waals surface area contributed by atoms with Gasteiger partial charge in [0.05, 0.1) is 0 Å². The van der Waals surface area contributed by atoms with Crippen molar-refractivity contribution >= 4 is 35.5 Å². The largest absolute Gasteiger partial charge is 0.477 e. The smallest absolute Gasteiger partial charge is 0.352 e. The first-order chi connectivity index (χ1) is 12.5. The minimum absolute atomic E-state index is 0.0878. The molecular formula is C16H15N5O4S. The maximum absolute atomic E-state index is 12.6. The Kier molecular flexibility index (Phi) is 4.00. The van der Waals surface area contributed by atoms with Crippen LogP contribution in [0.25, 0.3) is 0 Å². The van der Waals surface area contributed by atoms with Crippen molar-refractivity contribution in [3.8, 4) is 0 Å². The van der Waals surface area contributed by atoms with Crippen molar-refractivity contribution in [3.63, 3.8) is 0 Å². The number of carbonyl (C=O) groups is 3. The van der Waals surface area contributed by atoms with E-state index >= 15 is 0 Å². The summed E-state index contributed by atoms with van der Waals surface area (Å²) in [5.41, 5.74) is 6.56. The van der Waals surface area contributed by atoms with E-state index in [0.717, 1.165) is 0 Å². The summed E-state index contributed by atoms with van der Waals surface area (Å²) >= 11 is 1.40. The Morgan fingerprint density at radius 3 is 2.77 bits per heavy atom. The van der Waals surface area contributed by atoms with Gasteiger partial charge < -0.3 is 10.8 Å². The van der Waals surface area contributed by atoms with Crippen LogP contribution in [0.2, 0.25) is 0 Å². The van der Waals surface area contributed by atoms with Gasteiger partial charge in [-0.2, -0.15) is 0 Å². The lowest BCUT2D eigenvalue weighted by Crippen LogP contribution is -2.68. The molecule has 3 aliphatic rings. The van der Waals surface area contributed by atoms with Gasteiger partial charge in [-0.15, -0.1) is 11.8 Å². The van der Waals surface area contributed by atoms with Gasteiger partial charge in [-0.25, -0.2) is 14.8 Å². The molecule has 0 spiro atoms. The number of nitrogens with two attached hydrogens (primary N) is 1. The van der Waals surface area contributed by atoms with Gasteiger partial charge in [-0.05, 0) is 24.1 Å². The fourth-order valence-electron chi connectivity index (χ4n) is 3.23.